The number of hydrogen-bond donors (Lipinski definition) is 2. The van der Waals surface area contributed by atoms with Gasteiger partial charge in [-0.1, -0.05) is 24.3 Å². The maximum atomic E-state index is 11.9. The van der Waals surface area contributed by atoms with Crippen LogP contribution in [0.15, 0.2) is 42.5 Å². The molecule has 0 heterocycles. The minimum atomic E-state index is -0.215. The van der Waals surface area contributed by atoms with E-state index < -0.39 is 0 Å². The molecule has 0 aliphatic heterocycles. The van der Waals surface area contributed by atoms with Gasteiger partial charge in [-0.15, -0.1) is 0 Å². The van der Waals surface area contributed by atoms with Crippen molar-refractivity contribution in [2.75, 3.05) is 11.9 Å². The molecule has 0 saturated heterocycles. The maximum absolute atomic E-state index is 11.9. The van der Waals surface area contributed by atoms with Crippen LogP contribution in [0.3, 0.4) is 0 Å². The van der Waals surface area contributed by atoms with Crippen LogP contribution in [0.2, 0.25) is 0 Å². The number of nitrogens with one attached hydrogen (secondary N) is 1. The van der Waals surface area contributed by atoms with Gasteiger partial charge in [0.1, 0.15) is 5.75 Å². The molecule has 0 atom stereocenters. The summed E-state index contributed by atoms with van der Waals surface area (Å²) in [7, 11) is 0. The molecule has 0 aliphatic rings. The van der Waals surface area contributed by atoms with Gasteiger partial charge in [-0.25, -0.2) is 0 Å². The molecule has 0 aliphatic carbocycles. The fourth-order valence-electron chi connectivity index (χ4n) is 1.91. The molecule has 2 rings (SSSR count). The van der Waals surface area contributed by atoms with Crippen molar-refractivity contribution in [2.24, 2.45) is 0 Å². The van der Waals surface area contributed by atoms with Crippen molar-refractivity contribution in [2.45, 2.75) is 20.5 Å². The molecule has 4 nitrogen and oxygen atoms in total. The molecular weight excluding hydrogens is 266 g/mol. The molecule has 110 valence electrons. The monoisotopic (exact) mass is 285 g/mol. The Morgan fingerprint density at radius 1 is 1.14 bits per heavy atom. The Labute approximate surface area is 124 Å². The Morgan fingerprint density at radius 2 is 1.86 bits per heavy atom. The lowest BCUT2D eigenvalue weighted by molar-refractivity contribution is -0.118. The molecule has 1 amide bonds. The fourth-order valence-corrected chi connectivity index (χ4v) is 1.91. The van der Waals surface area contributed by atoms with E-state index in [1.165, 1.54) is 0 Å². The first-order chi connectivity index (χ1) is 10.1. The maximum Gasteiger partial charge on any atom is 0.262 e. The number of amides is 1. The van der Waals surface area contributed by atoms with Crippen LogP contribution < -0.4 is 10.1 Å². The standard InChI is InChI=1S/C17H19NO3/c1-12-4-3-5-16(13(12)2)21-11-17(20)18-15-8-6-14(10-19)7-9-15/h3-9,19H,10-11H2,1-2H3,(H,18,20). The normalized spacial score (nSPS) is 10.2. The summed E-state index contributed by atoms with van der Waals surface area (Å²) in [6.07, 6.45) is 0. The summed E-state index contributed by atoms with van der Waals surface area (Å²) >= 11 is 0. The number of carbonyl (C=O) groups is 1. The molecule has 0 fully saturated rings. The Morgan fingerprint density at radius 3 is 2.52 bits per heavy atom. The second kappa shape index (κ2) is 6.90. The number of ether oxygens (including phenoxy) is 1. The minimum Gasteiger partial charge on any atom is -0.483 e. The van der Waals surface area contributed by atoms with Gasteiger partial charge in [0.05, 0.1) is 6.61 Å². The van der Waals surface area contributed by atoms with Crippen LogP contribution in [0, 0.1) is 13.8 Å². The van der Waals surface area contributed by atoms with E-state index in [4.69, 9.17) is 9.84 Å². The number of carbonyl (C=O) groups excluding carboxylic acids is 1. The predicted octanol–water partition coefficient (Wildman–Crippen LogP) is 2.81. The van der Waals surface area contributed by atoms with Crippen molar-refractivity contribution >= 4 is 11.6 Å². The van der Waals surface area contributed by atoms with Crippen LogP contribution in [0.5, 0.6) is 5.75 Å². The molecule has 2 N–H and O–H groups in total. The van der Waals surface area contributed by atoms with Crippen molar-refractivity contribution in [3.8, 4) is 5.75 Å². The number of benzene rings is 2. The lowest BCUT2D eigenvalue weighted by Crippen LogP contribution is -2.20. The summed E-state index contributed by atoms with van der Waals surface area (Å²) in [5, 5.41) is 11.7. The van der Waals surface area contributed by atoms with Gasteiger partial charge in [0.2, 0.25) is 0 Å². The molecule has 0 aromatic heterocycles. The molecule has 0 unspecified atom stereocenters. The summed E-state index contributed by atoms with van der Waals surface area (Å²) < 4.78 is 5.54. The summed E-state index contributed by atoms with van der Waals surface area (Å²) in [6, 6.07) is 12.8. The predicted molar refractivity (Wildman–Crippen MR) is 82.4 cm³/mol. The van der Waals surface area contributed by atoms with E-state index in [2.05, 4.69) is 5.32 Å². The smallest absolute Gasteiger partial charge is 0.262 e. The van der Waals surface area contributed by atoms with Crippen molar-refractivity contribution in [1.82, 2.24) is 0 Å². The van der Waals surface area contributed by atoms with Crippen LogP contribution in [-0.4, -0.2) is 17.6 Å². The molecule has 0 bridgehead atoms. The van der Waals surface area contributed by atoms with Gasteiger partial charge >= 0.3 is 0 Å². The van der Waals surface area contributed by atoms with E-state index >= 15 is 0 Å². The van der Waals surface area contributed by atoms with Crippen LogP contribution in [0.4, 0.5) is 5.69 Å². The molecule has 0 spiro atoms. The van der Waals surface area contributed by atoms with Crippen LogP contribution in [-0.2, 0) is 11.4 Å². The Hall–Kier alpha value is -2.33. The van der Waals surface area contributed by atoms with Gasteiger partial charge < -0.3 is 15.2 Å². The van der Waals surface area contributed by atoms with Crippen LogP contribution >= 0.6 is 0 Å². The highest BCUT2D eigenvalue weighted by Gasteiger charge is 2.06. The number of aliphatic hydroxyl groups is 1. The first kappa shape index (κ1) is 15.1. The van der Waals surface area contributed by atoms with E-state index in [1.54, 1.807) is 24.3 Å². The fraction of sp³-hybridized carbons (Fsp3) is 0.235. The molecule has 2 aromatic rings. The molecule has 21 heavy (non-hydrogen) atoms. The zero-order chi connectivity index (χ0) is 15.2. The summed E-state index contributed by atoms with van der Waals surface area (Å²) in [5.74, 6) is 0.508. The molecule has 0 saturated carbocycles. The van der Waals surface area contributed by atoms with Crippen LogP contribution in [0.1, 0.15) is 16.7 Å². The van der Waals surface area contributed by atoms with E-state index in [-0.39, 0.29) is 19.1 Å². The lowest BCUT2D eigenvalue weighted by Gasteiger charge is -2.11. The first-order valence-electron chi connectivity index (χ1n) is 6.79. The van der Waals surface area contributed by atoms with Gasteiger partial charge in [0.25, 0.3) is 5.91 Å². The van der Waals surface area contributed by atoms with Crippen molar-refractivity contribution < 1.29 is 14.6 Å². The Balaban J connectivity index is 1.91. The highest BCUT2D eigenvalue weighted by atomic mass is 16.5. The summed E-state index contributed by atoms with van der Waals surface area (Å²) in [6.45, 7) is 3.93. The Kier molecular flexibility index (Phi) is 4.95. The van der Waals surface area contributed by atoms with Crippen LogP contribution in [0.25, 0.3) is 0 Å². The Bertz CT molecular complexity index is 620. The second-order valence-electron chi connectivity index (χ2n) is 4.89. The number of aliphatic hydroxyl groups excluding tert-OH is 1. The van der Waals surface area contributed by atoms with Gasteiger partial charge in [-0.2, -0.15) is 0 Å². The lowest BCUT2D eigenvalue weighted by atomic mass is 10.1. The average Bonchev–Trinajstić information content (AvgIpc) is 2.49. The second-order valence-corrected chi connectivity index (χ2v) is 4.89. The molecule has 4 heteroatoms. The van der Waals surface area contributed by atoms with E-state index in [9.17, 15) is 4.79 Å². The van der Waals surface area contributed by atoms with Gasteiger partial charge in [0, 0.05) is 5.69 Å². The molecule has 2 aromatic carbocycles. The third-order valence-corrected chi connectivity index (χ3v) is 3.33. The number of rotatable bonds is 5. The van der Waals surface area contributed by atoms with Crippen molar-refractivity contribution in [1.29, 1.82) is 0 Å². The van der Waals surface area contributed by atoms with E-state index in [0.717, 1.165) is 22.4 Å². The van der Waals surface area contributed by atoms with Gasteiger partial charge in [-0.05, 0) is 48.7 Å². The highest BCUT2D eigenvalue weighted by molar-refractivity contribution is 5.91. The first-order valence-corrected chi connectivity index (χ1v) is 6.79. The largest absolute Gasteiger partial charge is 0.483 e. The molecule has 0 radical (unpaired) electrons. The van der Waals surface area contributed by atoms with Gasteiger partial charge in [0.15, 0.2) is 6.61 Å². The van der Waals surface area contributed by atoms with E-state index in [1.807, 2.05) is 32.0 Å². The SMILES string of the molecule is Cc1cccc(OCC(=O)Nc2ccc(CO)cc2)c1C. The van der Waals surface area contributed by atoms with E-state index in [0.29, 0.717) is 5.69 Å². The van der Waals surface area contributed by atoms with Crippen molar-refractivity contribution in [3.05, 3.63) is 59.2 Å². The third kappa shape index (κ3) is 4.07. The minimum absolute atomic E-state index is 0.00995. The topological polar surface area (TPSA) is 58.6 Å². The highest BCUT2D eigenvalue weighted by Crippen LogP contribution is 2.20. The zero-order valence-corrected chi connectivity index (χ0v) is 12.2. The number of hydrogen-bond acceptors (Lipinski definition) is 3. The zero-order valence-electron chi connectivity index (χ0n) is 12.2. The van der Waals surface area contributed by atoms with Gasteiger partial charge in [-0.3, -0.25) is 4.79 Å². The average molecular weight is 285 g/mol. The third-order valence-electron chi connectivity index (χ3n) is 3.33. The number of aryl methyl sites for hydroxylation is 1. The summed E-state index contributed by atoms with van der Waals surface area (Å²) in [5.41, 5.74) is 3.66. The quantitative estimate of drug-likeness (QED) is 0.888. The van der Waals surface area contributed by atoms with Crippen molar-refractivity contribution in [3.63, 3.8) is 0 Å². The number of anilines is 1. The molecular formula is C17H19NO3. The summed E-state index contributed by atoms with van der Waals surface area (Å²) in [4.78, 5) is 11.9.